The lowest BCUT2D eigenvalue weighted by Gasteiger charge is -2.15. The molecule has 146 valence electrons. The SMILES string of the molecule is CCOc1ccccc1-n1c(CNc2ccc(C)cc2)nnc1SCC(N)=O. The van der Waals surface area contributed by atoms with Crippen molar-refractivity contribution in [3.8, 4) is 11.4 Å². The Hall–Kier alpha value is -3.00. The van der Waals surface area contributed by atoms with Gasteiger partial charge in [-0.3, -0.25) is 9.36 Å². The molecule has 0 atom stereocenters. The van der Waals surface area contributed by atoms with Gasteiger partial charge >= 0.3 is 0 Å². The Morgan fingerprint density at radius 2 is 1.93 bits per heavy atom. The highest BCUT2D eigenvalue weighted by Crippen LogP contribution is 2.29. The summed E-state index contributed by atoms with van der Waals surface area (Å²) in [6.45, 7) is 4.99. The van der Waals surface area contributed by atoms with Gasteiger partial charge in [0.1, 0.15) is 5.75 Å². The van der Waals surface area contributed by atoms with Crippen LogP contribution in [-0.4, -0.2) is 33.0 Å². The van der Waals surface area contributed by atoms with Crippen LogP contribution in [0.1, 0.15) is 18.3 Å². The van der Waals surface area contributed by atoms with E-state index in [-0.39, 0.29) is 5.75 Å². The Morgan fingerprint density at radius 1 is 1.18 bits per heavy atom. The van der Waals surface area contributed by atoms with Crippen LogP contribution in [0.5, 0.6) is 5.75 Å². The van der Waals surface area contributed by atoms with Gasteiger partial charge in [-0.25, -0.2) is 0 Å². The summed E-state index contributed by atoms with van der Waals surface area (Å²) in [6, 6.07) is 15.8. The number of thioether (sulfide) groups is 1. The molecule has 1 heterocycles. The lowest BCUT2D eigenvalue weighted by Crippen LogP contribution is -2.14. The van der Waals surface area contributed by atoms with Crippen LogP contribution in [0.3, 0.4) is 0 Å². The van der Waals surface area contributed by atoms with Gasteiger partial charge in [0, 0.05) is 5.69 Å². The second kappa shape index (κ2) is 9.27. The van der Waals surface area contributed by atoms with Crippen LogP contribution in [0.2, 0.25) is 0 Å². The molecule has 3 rings (SSSR count). The average Bonchev–Trinajstić information content (AvgIpc) is 3.09. The summed E-state index contributed by atoms with van der Waals surface area (Å²) in [7, 11) is 0. The molecule has 0 aliphatic rings. The van der Waals surface area contributed by atoms with Crippen LogP contribution < -0.4 is 15.8 Å². The molecule has 0 unspecified atom stereocenters. The molecule has 0 aliphatic carbocycles. The molecule has 0 radical (unpaired) electrons. The van der Waals surface area contributed by atoms with E-state index in [2.05, 4.69) is 15.5 Å². The van der Waals surface area contributed by atoms with Crippen LogP contribution in [0.4, 0.5) is 5.69 Å². The third-order valence-corrected chi connectivity index (χ3v) is 4.90. The molecule has 7 nitrogen and oxygen atoms in total. The number of hydrogen-bond donors (Lipinski definition) is 2. The molecule has 0 saturated heterocycles. The lowest BCUT2D eigenvalue weighted by molar-refractivity contribution is -0.115. The van der Waals surface area contributed by atoms with Gasteiger partial charge < -0.3 is 15.8 Å². The van der Waals surface area contributed by atoms with Crippen LogP contribution in [0.15, 0.2) is 53.7 Å². The predicted molar refractivity (Wildman–Crippen MR) is 111 cm³/mol. The Kier molecular flexibility index (Phi) is 6.54. The highest BCUT2D eigenvalue weighted by Gasteiger charge is 2.18. The summed E-state index contributed by atoms with van der Waals surface area (Å²) < 4.78 is 7.68. The number of amides is 1. The summed E-state index contributed by atoms with van der Waals surface area (Å²) in [5.41, 5.74) is 8.32. The maximum Gasteiger partial charge on any atom is 0.227 e. The molecular weight excluding hydrogens is 374 g/mol. The first kappa shape index (κ1) is 19.8. The molecule has 0 saturated carbocycles. The summed E-state index contributed by atoms with van der Waals surface area (Å²) in [6.07, 6.45) is 0. The topological polar surface area (TPSA) is 95.1 Å². The summed E-state index contributed by atoms with van der Waals surface area (Å²) in [5.74, 6) is 1.15. The zero-order valence-corrected chi connectivity index (χ0v) is 16.7. The number of hydrogen-bond acceptors (Lipinski definition) is 6. The number of carbonyl (C=O) groups is 1. The van der Waals surface area contributed by atoms with Gasteiger partial charge in [-0.1, -0.05) is 41.6 Å². The Bertz CT molecular complexity index is 940. The van der Waals surface area contributed by atoms with E-state index in [4.69, 9.17) is 10.5 Å². The van der Waals surface area contributed by atoms with Crippen LogP contribution >= 0.6 is 11.8 Å². The van der Waals surface area contributed by atoms with E-state index in [0.717, 1.165) is 17.1 Å². The molecular formula is C20H23N5O2S. The van der Waals surface area contributed by atoms with Crippen molar-refractivity contribution in [3.05, 3.63) is 59.9 Å². The molecule has 0 fully saturated rings. The zero-order valence-electron chi connectivity index (χ0n) is 15.9. The Morgan fingerprint density at radius 3 is 2.64 bits per heavy atom. The number of nitrogens with zero attached hydrogens (tertiary/aromatic N) is 3. The van der Waals surface area contributed by atoms with E-state index in [9.17, 15) is 4.79 Å². The van der Waals surface area contributed by atoms with Crippen LogP contribution in [0, 0.1) is 6.92 Å². The Labute approximate surface area is 168 Å². The fourth-order valence-corrected chi connectivity index (χ4v) is 3.36. The number of para-hydroxylation sites is 2. The second-order valence-electron chi connectivity index (χ2n) is 6.11. The highest BCUT2D eigenvalue weighted by molar-refractivity contribution is 7.99. The van der Waals surface area contributed by atoms with Crippen molar-refractivity contribution in [2.45, 2.75) is 25.5 Å². The lowest BCUT2D eigenvalue weighted by atomic mass is 10.2. The zero-order chi connectivity index (χ0) is 19.9. The van der Waals surface area contributed by atoms with Gasteiger partial charge in [0.2, 0.25) is 5.91 Å². The first-order chi connectivity index (χ1) is 13.6. The highest BCUT2D eigenvalue weighted by atomic mass is 32.2. The number of primary amides is 1. The van der Waals surface area contributed by atoms with Gasteiger partial charge in [-0.15, -0.1) is 10.2 Å². The number of aromatic nitrogens is 3. The van der Waals surface area contributed by atoms with Crippen molar-refractivity contribution in [2.24, 2.45) is 5.73 Å². The third-order valence-electron chi connectivity index (χ3n) is 3.95. The van der Waals surface area contributed by atoms with Crippen LogP contribution in [-0.2, 0) is 11.3 Å². The standard InChI is InChI=1S/C20H23N5O2S/c1-3-27-17-7-5-4-6-16(17)25-19(23-24-20(25)28-13-18(21)26)12-22-15-10-8-14(2)9-11-15/h4-11,22H,3,12-13H2,1-2H3,(H2,21,26). The third kappa shape index (κ3) is 4.83. The molecule has 0 aliphatic heterocycles. The summed E-state index contributed by atoms with van der Waals surface area (Å²) in [4.78, 5) is 11.2. The maximum absolute atomic E-state index is 11.2. The number of rotatable bonds is 9. The Balaban J connectivity index is 1.93. The largest absolute Gasteiger partial charge is 0.492 e. The monoisotopic (exact) mass is 397 g/mol. The molecule has 28 heavy (non-hydrogen) atoms. The molecule has 3 N–H and O–H groups in total. The predicted octanol–water partition coefficient (Wildman–Crippen LogP) is 3.16. The van der Waals surface area contributed by atoms with E-state index in [1.54, 1.807) is 0 Å². The smallest absolute Gasteiger partial charge is 0.227 e. The molecule has 2 aromatic carbocycles. The number of nitrogens with two attached hydrogens (primary N) is 1. The number of nitrogens with one attached hydrogen (secondary N) is 1. The first-order valence-electron chi connectivity index (χ1n) is 8.96. The van der Waals surface area contributed by atoms with Crippen molar-refractivity contribution in [1.29, 1.82) is 0 Å². The number of anilines is 1. The molecule has 3 aromatic rings. The number of aryl methyl sites for hydroxylation is 1. The normalized spacial score (nSPS) is 10.6. The van der Waals surface area contributed by atoms with Gasteiger partial charge in [0.05, 0.1) is 24.6 Å². The summed E-state index contributed by atoms with van der Waals surface area (Å²) >= 11 is 1.25. The van der Waals surface area contributed by atoms with E-state index < -0.39 is 5.91 Å². The van der Waals surface area contributed by atoms with E-state index in [0.29, 0.717) is 24.1 Å². The van der Waals surface area contributed by atoms with Gasteiger partial charge in [0.25, 0.3) is 0 Å². The van der Waals surface area contributed by atoms with E-state index >= 15 is 0 Å². The van der Waals surface area contributed by atoms with E-state index in [1.165, 1.54) is 17.3 Å². The minimum Gasteiger partial charge on any atom is -0.492 e. The molecule has 1 aromatic heterocycles. The maximum atomic E-state index is 11.2. The summed E-state index contributed by atoms with van der Waals surface area (Å²) in [5, 5.41) is 12.5. The van der Waals surface area contributed by atoms with Crippen molar-refractivity contribution in [2.75, 3.05) is 17.7 Å². The number of ether oxygens (including phenoxy) is 1. The molecule has 0 spiro atoms. The van der Waals surface area contributed by atoms with Gasteiger partial charge in [0.15, 0.2) is 11.0 Å². The van der Waals surface area contributed by atoms with E-state index in [1.807, 2.05) is 66.9 Å². The molecule has 0 bridgehead atoms. The number of carbonyl (C=O) groups excluding carboxylic acids is 1. The van der Waals surface area contributed by atoms with Gasteiger partial charge in [-0.05, 0) is 38.1 Å². The molecule has 1 amide bonds. The second-order valence-corrected chi connectivity index (χ2v) is 7.05. The van der Waals surface area contributed by atoms with Gasteiger partial charge in [-0.2, -0.15) is 0 Å². The van der Waals surface area contributed by atoms with Crippen molar-refractivity contribution >= 4 is 23.4 Å². The quantitative estimate of drug-likeness (QED) is 0.539. The van der Waals surface area contributed by atoms with Crippen molar-refractivity contribution < 1.29 is 9.53 Å². The van der Waals surface area contributed by atoms with Crippen molar-refractivity contribution in [3.63, 3.8) is 0 Å². The van der Waals surface area contributed by atoms with Crippen LogP contribution in [0.25, 0.3) is 5.69 Å². The molecule has 8 heteroatoms. The minimum atomic E-state index is -0.406. The fraction of sp³-hybridized carbons (Fsp3) is 0.250. The average molecular weight is 398 g/mol. The van der Waals surface area contributed by atoms with Crippen molar-refractivity contribution in [1.82, 2.24) is 14.8 Å². The first-order valence-corrected chi connectivity index (χ1v) is 9.95. The fourth-order valence-electron chi connectivity index (χ4n) is 2.66. The number of benzene rings is 2. The minimum absolute atomic E-state index is 0.125.